The van der Waals surface area contributed by atoms with E-state index in [1.54, 1.807) is 0 Å². The first kappa shape index (κ1) is 31.3. The highest BCUT2D eigenvalue weighted by Gasteiger charge is 2.02. The van der Waals surface area contributed by atoms with Crippen molar-refractivity contribution in [3.05, 3.63) is 71.3 Å². The summed E-state index contributed by atoms with van der Waals surface area (Å²) in [6.07, 6.45) is 27.1. The van der Waals surface area contributed by atoms with E-state index in [4.69, 9.17) is 17.0 Å². The fraction of sp³-hybridized carbons (Fsp3) is 0.571. The zero-order valence-corrected chi connectivity index (χ0v) is 24.6. The first-order valence-electron chi connectivity index (χ1n) is 15.3. The van der Waals surface area contributed by atoms with Crippen LogP contribution in [0.5, 0.6) is 5.75 Å². The SMILES string of the molecule is CCCCCCCCCCCCCCCCCOc1ccccc1C=CC(=S)c1ccc(CCC)cc1. The van der Waals surface area contributed by atoms with Crippen LogP contribution in [0, 0.1) is 0 Å². The number of hydrogen-bond acceptors (Lipinski definition) is 2. The summed E-state index contributed by atoms with van der Waals surface area (Å²) in [5, 5.41) is 0. The van der Waals surface area contributed by atoms with Gasteiger partial charge in [-0.1, -0.05) is 165 Å². The topological polar surface area (TPSA) is 9.23 Å². The molecule has 2 rings (SSSR count). The van der Waals surface area contributed by atoms with Crippen LogP contribution in [0.25, 0.3) is 6.08 Å². The van der Waals surface area contributed by atoms with Gasteiger partial charge < -0.3 is 4.74 Å². The number of rotatable bonds is 22. The van der Waals surface area contributed by atoms with Gasteiger partial charge in [-0.2, -0.15) is 0 Å². The Morgan fingerprint density at radius 2 is 1.19 bits per heavy atom. The summed E-state index contributed by atoms with van der Waals surface area (Å²) in [5.41, 5.74) is 3.56. The van der Waals surface area contributed by atoms with Gasteiger partial charge in [0.25, 0.3) is 0 Å². The predicted molar refractivity (Wildman–Crippen MR) is 168 cm³/mol. The van der Waals surface area contributed by atoms with Crippen molar-refractivity contribution >= 4 is 23.2 Å². The smallest absolute Gasteiger partial charge is 0.126 e. The van der Waals surface area contributed by atoms with Gasteiger partial charge in [0.15, 0.2) is 0 Å². The number of ether oxygens (including phenoxy) is 1. The molecule has 2 aromatic rings. The zero-order valence-electron chi connectivity index (χ0n) is 23.8. The molecule has 0 aliphatic heterocycles. The fourth-order valence-corrected chi connectivity index (χ4v) is 5.00. The number of benzene rings is 2. The van der Waals surface area contributed by atoms with Crippen LogP contribution in [0.3, 0.4) is 0 Å². The van der Waals surface area contributed by atoms with Gasteiger partial charge in [-0.3, -0.25) is 0 Å². The van der Waals surface area contributed by atoms with Crippen molar-refractivity contribution in [3.8, 4) is 5.75 Å². The highest BCUT2D eigenvalue weighted by atomic mass is 32.1. The van der Waals surface area contributed by atoms with Crippen molar-refractivity contribution in [1.29, 1.82) is 0 Å². The zero-order chi connectivity index (χ0) is 26.4. The highest BCUT2D eigenvalue weighted by Crippen LogP contribution is 2.21. The highest BCUT2D eigenvalue weighted by molar-refractivity contribution is 7.81. The van der Waals surface area contributed by atoms with Crippen LogP contribution in [0.4, 0.5) is 0 Å². The Balaban J connectivity index is 1.55. The number of allylic oxidation sites excluding steroid dienone is 1. The molecule has 0 unspecified atom stereocenters. The Labute approximate surface area is 234 Å². The monoisotopic (exact) mass is 520 g/mol. The molecule has 204 valence electrons. The number of para-hydroxylation sites is 1. The first-order chi connectivity index (χ1) is 18.2. The quantitative estimate of drug-likeness (QED) is 0.0660. The summed E-state index contributed by atoms with van der Waals surface area (Å²) in [4.78, 5) is 0.861. The van der Waals surface area contributed by atoms with Gasteiger partial charge in [0.05, 0.1) is 6.61 Å². The third kappa shape index (κ3) is 14.6. The lowest BCUT2D eigenvalue weighted by Gasteiger charge is -2.09. The summed E-state index contributed by atoms with van der Waals surface area (Å²) in [6.45, 7) is 5.28. The van der Waals surface area contributed by atoms with E-state index in [2.05, 4.69) is 62.4 Å². The van der Waals surface area contributed by atoms with Crippen molar-refractivity contribution < 1.29 is 4.74 Å². The lowest BCUT2D eigenvalue weighted by molar-refractivity contribution is 0.303. The van der Waals surface area contributed by atoms with Crippen LogP contribution >= 0.6 is 12.2 Å². The summed E-state index contributed by atoms with van der Waals surface area (Å²) in [7, 11) is 0. The van der Waals surface area contributed by atoms with E-state index in [-0.39, 0.29) is 0 Å². The van der Waals surface area contributed by atoms with Gasteiger partial charge in [-0.25, -0.2) is 0 Å². The van der Waals surface area contributed by atoms with E-state index in [0.717, 1.165) is 41.2 Å². The van der Waals surface area contributed by atoms with Crippen LogP contribution in [-0.4, -0.2) is 11.5 Å². The molecule has 0 heterocycles. The van der Waals surface area contributed by atoms with Crippen LogP contribution in [-0.2, 0) is 6.42 Å². The Hall–Kier alpha value is -1.93. The van der Waals surface area contributed by atoms with Crippen LogP contribution in [0.15, 0.2) is 54.6 Å². The molecule has 0 aromatic heterocycles. The van der Waals surface area contributed by atoms with E-state index in [9.17, 15) is 0 Å². The second-order valence-electron chi connectivity index (χ2n) is 10.5. The van der Waals surface area contributed by atoms with Gasteiger partial charge in [-0.05, 0) is 42.2 Å². The average Bonchev–Trinajstić information content (AvgIpc) is 2.92. The summed E-state index contributed by atoms with van der Waals surface area (Å²) in [5.74, 6) is 0.949. The minimum Gasteiger partial charge on any atom is -0.493 e. The number of thiocarbonyl (C=S) groups is 1. The van der Waals surface area contributed by atoms with E-state index in [1.807, 2.05) is 12.1 Å². The van der Waals surface area contributed by atoms with Crippen LogP contribution < -0.4 is 4.74 Å². The average molecular weight is 521 g/mol. The molecule has 0 bridgehead atoms. The minimum atomic E-state index is 0.784. The van der Waals surface area contributed by atoms with Gasteiger partial charge in [0.2, 0.25) is 0 Å². The second-order valence-corrected chi connectivity index (χ2v) is 10.9. The molecule has 0 amide bonds. The number of unbranched alkanes of at least 4 members (excludes halogenated alkanes) is 14. The van der Waals surface area contributed by atoms with Gasteiger partial charge in [0.1, 0.15) is 5.75 Å². The largest absolute Gasteiger partial charge is 0.493 e. The lowest BCUT2D eigenvalue weighted by Crippen LogP contribution is -1.99. The molecule has 0 aliphatic rings. The van der Waals surface area contributed by atoms with Gasteiger partial charge in [0, 0.05) is 10.4 Å². The van der Waals surface area contributed by atoms with E-state index < -0.39 is 0 Å². The molecule has 0 radical (unpaired) electrons. The molecule has 2 heteroatoms. The number of aryl methyl sites for hydroxylation is 1. The van der Waals surface area contributed by atoms with Crippen molar-refractivity contribution in [3.63, 3.8) is 0 Å². The van der Waals surface area contributed by atoms with E-state index in [0.29, 0.717) is 0 Å². The van der Waals surface area contributed by atoms with Crippen molar-refractivity contribution in [2.24, 2.45) is 0 Å². The molecule has 2 aromatic carbocycles. The maximum absolute atomic E-state index is 6.14. The normalized spacial score (nSPS) is 11.3. The lowest BCUT2D eigenvalue weighted by atomic mass is 10.0. The molecule has 0 saturated heterocycles. The van der Waals surface area contributed by atoms with E-state index >= 15 is 0 Å². The molecule has 0 aliphatic carbocycles. The third-order valence-electron chi connectivity index (χ3n) is 7.12. The maximum atomic E-state index is 6.14. The van der Waals surface area contributed by atoms with Crippen molar-refractivity contribution in [2.45, 2.75) is 123 Å². The van der Waals surface area contributed by atoms with Crippen LogP contribution in [0.1, 0.15) is 133 Å². The Morgan fingerprint density at radius 3 is 1.76 bits per heavy atom. The molecule has 0 saturated carbocycles. The Morgan fingerprint density at radius 1 is 0.649 bits per heavy atom. The van der Waals surface area contributed by atoms with Gasteiger partial charge in [-0.15, -0.1) is 0 Å². The molecule has 0 N–H and O–H groups in total. The Bertz CT molecular complexity index is 867. The van der Waals surface area contributed by atoms with Crippen LogP contribution in [0.2, 0.25) is 0 Å². The summed E-state index contributed by atoms with van der Waals surface area (Å²) < 4.78 is 6.14. The molecule has 37 heavy (non-hydrogen) atoms. The first-order valence-corrected chi connectivity index (χ1v) is 15.7. The second kappa shape index (κ2) is 21.1. The molecule has 0 atom stereocenters. The Kier molecular flexibility index (Phi) is 17.8. The molecular weight excluding hydrogens is 468 g/mol. The minimum absolute atomic E-state index is 0.784. The van der Waals surface area contributed by atoms with E-state index in [1.165, 1.54) is 102 Å². The van der Waals surface area contributed by atoms with Crippen molar-refractivity contribution in [1.82, 2.24) is 0 Å². The third-order valence-corrected chi connectivity index (χ3v) is 7.49. The number of hydrogen-bond donors (Lipinski definition) is 0. The standard InChI is InChI=1S/C35H52OS/c1-3-5-6-7-8-9-10-11-12-13-14-15-16-17-20-30-36-34-23-19-18-22-32(34)28-29-35(37)33-26-24-31(21-4-2)25-27-33/h18-19,22-29H,3-17,20-21,30H2,1-2H3. The molecule has 0 fully saturated rings. The molecule has 0 spiro atoms. The summed E-state index contributed by atoms with van der Waals surface area (Å²) >= 11 is 5.65. The molecular formula is C35H52OS. The molecule has 1 nitrogen and oxygen atoms in total. The van der Waals surface area contributed by atoms with Crippen molar-refractivity contribution in [2.75, 3.05) is 6.61 Å². The fourth-order valence-electron chi connectivity index (χ4n) is 4.79. The summed E-state index contributed by atoms with van der Waals surface area (Å²) in [6, 6.07) is 16.9. The predicted octanol–water partition coefficient (Wildman–Crippen LogP) is 11.3. The van der Waals surface area contributed by atoms with Gasteiger partial charge >= 0.3 is 0 Å². The maximum Gasteiger partial charge on any atom is 0.126 e.